The minimum Gasteiger partial charge on any atom is -0.443 e. The van der Waals surface area contributed by atoms with E-state index < -0.39 is 45.6 Å². The van der Waals surface area contributed by atoms with Gasteiger partial charge in [-0.25, -0.2) is 9.36 Å². The zero-order valence-electron chi connectivity index (χ0n) is 27.5. The van der Waals surface area contributed by atoms with Crippen LogP contribution in [-0.4, -0.2) is 50.2 Å². The fourth-order valence-corrected chi connectivity index (χ4v) is 6.03. The van der Waals surface area contributed by atoms with Crippen LogP contribution in [0.3, 0.4) is 0 Å². The SMILES string of the molecule is CC(C)(C)OC(=O)n1c(-c2cc([N+](=O)[O-])cn(COCC[Si](C)(C)C)c2=O)cc2cc(C(C)(C)O[SiH2]C(C)(C)C)ccc21. The van der Waals surface area contributed by atoms with Crippen LogP contribution in [-0.2, 0) is 26.2 Å². The number of nitrogens with zero attached hydrogens (tertiary/aromatic N) is 3. The number of carbonyl (C=O) groups is 1. The second-order valence-electron chi connectivity index (χ2n) is 15.0. The van der Waals surface area contributed by atoms with Crippen molar-refractivity contribution in [2.75, 3.05) is 6.61 Å². The lowest BCUT2D eigenvalue weighted by Gasteiger charge is -2.30. The number of pyridine rings is 1. The van der Waals surface area contributed by atoms with Crippen LogP contribution in [0.4, 0.5) is 10.5 Å². The third-order valence-corrected chi connectivity index (χ3v) is 10.2. The van der Waals surface area contributed by atoms with Gasteiger partial charge in [0.25, 0.3) is 11.2 Å². The molecule has 0 aliphatic carbocycles. The number of aromatic nitrogens is 2. The number of nitro groups is 1. The van der Waals surface area contributed by atoms with Crippen LogP contribution < -0.4 is 5.56 Å². The lowest BCUT2D eigenvalue weighted by molar-refractivity contribution is -0.385. The van der Waals surface area contributed by atoms with E-state index in [0.717, 1.165) is 11.6 Å². The molecule has 1 aromatic carbocycles. The first kappa shape index (κ1) is 34.4. The lowest BCUT2D eigenvalue weighted by atomic mass is 9.97. The van der Waals surface area contributed by atoms with Gasteiger partial charge < -0.3 is 13.9 Å². The molecule has 2 aromatic heterocycles. The molecule has 236 valence electrons. The van der Waals surface area contributed by atoms with Crippen molar-refractivity contribution in [1.29, 1.82) is 0 Å². The first-order chi connectivity index (χ1) is 19.6. The number of carbonyl (C=O) groups excluding carboxylic acids is 1. The normalized spacial score (nSPS) is 13.3. The molecule has 3 aromatic rings. The summed E-state index contributed by atoms with van der Waals surface area (Å²) in [5.41, 5.74) is -0.551. The third kappa shape index (κ3) is 9.21. The van der Waals surface area contributed by atoms with Gasteiger partial charge in [0.1, 0.15) is 12.3 Å². The van der Waals surface area contributed by atoms with Crippen molar-refractivity contribution in [2.45, 2.75) is 104 Å². The Hall–Kier alpha value is -3.07. The van der Waals surface area contributed by atoms with E-state index in [1.54, 1.807) is 32.9 Å². The summed E-state index contributed by atoms with van der Waals surface area (Å²) in [5, 5.41) is 12.7. The van der Waals surface area contributed by atoms with Crippen LogP contribution in [0.15, 0.2) is 41.3 Å². The summed E-state index contributed by atoms with van der Waals surface area (Å²) >= 11 is 0. The van der Waals surface area contributed by atoms with Gasteiger partial charge in [0.15, 0.2) is 9.76 Å². The fourth-order valence-electron chi connectivity index (χ4n) is 4.31. The summed E-state index contributed by atoms with van der Waals surface area (Å²) < 4.78 is 20.4. The maximum absolute atomic E-state index is 13.8. The molecule has 0 amide bonds. The van der Waals surface area contributed by atoms with E-state index in [0.29, 0.717) is 17.5 Å². The first-order valence-corrected chi connectivity index (χ1v) is 19.6. The smallest absolute Gasteiger partial charge is 0.419 e. The number of ether oxygens (including phenoxy) is 2. The van der Waals surface area contributed by atoms with E-state index in [9.17, 15) is 19.7 Å². The highest BCUT2D eigenvalue weighted by molar-refractivity contribution is 6.76. The molecule has 0 unspecified atom stereocenters. The standard InChI is InChI=1S/C31H47N3O7Si2/c1-29(2,3)40-28(36)33-25-13-12-22(31(7,8)41-42-30(4,5)6)16-21(25)17-26(33)24-18-23(34(37)38)19-32(27(24)35)20-39-14-15-43(9,10)11/h12-13,16-19H,14-15,20,42H2,1-11H3. The first-order valence-electron chi connectivity index (χ1n) is 14.6. The monoisotopic (exact) mass is 629 g/mol. The lowest BCUT2D eigenvalue weighted by Crippen LogP contribution is -2.29. The molecule has 0 fully saturated rings. The van der Waals surface area contributed by atoms with Crippen molar-refractivity contribution in [1.82, 2.24) is 9.13 Å². The average Bonchev–Trinajstić information content (AvgIpc) is 3.23. The van der Waals surface area contributed by atoms with Crippen molar-refractivity contribution in [3.8, 4) is 11.3 Å². The Bertz CT molecular complexity index is 1550. The molecule has 0 radical (unpaired) electrons. The molecule has 10 nitrogen and oxygen atoms in total. The second kappa shape index (κ2) is 12.5. The summed E-state index contributed by atoms with van der Waals surface area (Å²) in [4.78, 5) is 38.7. The molecule has 0 spiro atoms. The second-order valence-corrected chi connectivity index (χ2v) is 23.3. The Balaban J connectivity index is 2.20. The van der Waals surface area contributed by atoms with Crippen molar-refractivity contribution in [3.05, 3.63) is 62.6 Å². The Morgan fingerprint density at radius 3 is 2.23 bits per heavy atom. The number of rotatable bonds is 10. The van der Waals surface area contributed by atoms with Gasteiger partial charge in [-0.15, -0.1) is 0 Å². The molecule has 3 rings (SSSR count). The molecule has 0 saturated carbocycles. The molecule has 2 heterocycles. The predicted octanol–water partition coefficient (Wildman–Crippen LogP) is 7.03. The molecule has 0 aliphatic rings. The molecule has 0 bridgehead atoms. The Morgan fingerprint density at radius 1 is 1.02 bits per heavy atom. The molecule has 0 aliphatic heterocycles. The number of benzene rings is 1. The third-order valence-electron chi connectivity index (χ3n) is 6.72. The summed E-state index contributed by atoms with van der Waals surface area (Å²) in [6.45, 7) is 22.7. The molecule has 43 heavy (non-hydrogen) atoms. The van der Waals surface area contributed by atoms with Crippen LogP contribution in [0, 0.1) is 10.1 Å². The Labute approximate surface area is 257 Å². The molecule has 12 heteroatoms. The number of fused-ring (bicyclic) bond motifs is 1. The van der Waals surface area contributed by atoms with Crippen LogP contribution >= 0.6 is 0 Å². The largest absolute Gasteiger partial charge is 0.443 e. The predicted molar refractivity (Wildman–Crippen MR) is 176 cm³/mol. The van der Waals surface area contributed by atoms with Gasteiger partial charge in [0.2, 0.25) is 0 Å². The van der Waals surface area contributed by atoms with E-state index in [4.69, 9.17) is 13.9 Å². The average molecular weight is 630 g/mol. The zero-order chi connectivity index (χ0) is 32.5. The quantitative estimate of drug-likeness (QED) is 0.102. The minimum absolute atomic E-state index is 0.00209. The van der Waals surface area contributed by atoms with E-state index in [-0.39, 0.29) is 28.7 Å². The van der Waals surface area contributed by atoms with Crippen molar-refractivity contribution in [2.24, 2.45) is 0 Å². The highest BCUT2D eigenvalue weighted by atomic mass is 28.3. The maximum Gasteiger partial charge on any atom is 0.419 e. The summed E-state index contributed by atoms with van der Waals surface area (Å²) in [6.07, 6.45) is 0.488. The zero-order valence-corrected chi connectivity index (χ0v) is 29.9. The van der Waals surface area contributed by atoms with Crippen molar-refractivity contribution < 1.29 is 23.6 Å². The van der Waals surface area contributed by atoms with Crippen LogP contribution in [0.5, 0.6) is 0 Å². The van der Waals surface area contributed by atoms with Crippen molar-refractivity contribution >= 4 is 40.5 Å². The van der Waals surface area contributed by atoms with Gasteiger partial charge in [0, 0.05) is 26.1 Å². The van der Waals surface area contributed by atoms with Gasteiger partial charge in [-0.3, -0.25) is 19.5 Å². The summed E-state index contributed by atoms with van der Waals surface area (Å²) in [5.74, 6) is 0. The Kier molecular flexibility index (Phi) is 10.0. The maximum atomic E-state index is 13.8. The van der Waals surface area contributed by atoms with Gasteiger partial charge in [-0.2, -0.15) is 0 Å². The van der Waals surface area contributed by atoms with E-state index in [1.807, 2.05) is 26.0 Å². The molecule has 0 N–H and O–H groups in total. The minimum atomic E-state index is -1.38. The number of hydrogen-bond acceptors (Lipinski definition) is 7. The van der Waals surface area contributed by atoms with Crippen LogP contribution in [0.1, 0.15) is 61.0 Å². The highest BCUT2D eigenvalue weighted by Crippen LogP contribution is 2.35. The highest BCUT2D eigenvalue weighted by Gasteiger charge is 2.29. The van der Waals surface area contributed by atoms with Gasteiger partial charge >= 0.3 is 6.09 Å². The number of hydrogen-bond donors (Lipinski definition) is 0. The van der Waals surface area contributed by atoms with Crippen LogP contribution in [0.2, 0.25) is 30.7 Å². The molecule has 0 saturated heterocycles. The topological polar surface area (TPSA) is 115 Å². The van der Waals surface area contributed by atoms with E-state index in [2.05, 4.69) is 40.4 Å². The van der Waals surface area contributed by atoms with Gasteiger partial charge in [0.05, 0.1) is 33.5 Å². The van der Waals surface area contributed by atoms with E-state index >= 15 is 0 Å². The molecular formula is C31H47N3O7Si2. The van der Waals surface area contributed by atoms with Gasteiger partial charge in [-0.05, 0) is 69.5 Å². The summed E-state index contributed by atoms with van der Waals surface area (Å²) in [6, 6.07) is 9.44. The molecular weight excluding hydrogens is 583 g/mol. The van der Waals surface area contributed by atoms with E-state index in [1.165, 1.54) is 21.4 Å². The van der Waals surface area contributed by atoms with Gasteiger partial charge in [-0.1, -0.05) is 46.5 Å². The summed E-state index contributed by atoms with van der Waals surface area (Å²) in [7, 11) is -2.24. The Morgan fingerprint density at radius 2 is 1.67 bits per heavy atom. The molecule has 0 atom stereocenters. The van der Waals surface area contributed by atoms with Crippen molar-refractivity contribution in [3.63, 3.8) is 0 Å². The fraction of sp³-hybridized carbons (Fsp3) is 0.548. The van der Waals surface area contributed by atoms with Crippen LogP contribution in [0.25, 0.3) is 22.2 Å².